The molecular weight excluding hydrogens is 267 g/mol. The van der Waals surface area contributed by atoms with Crippen LogP contribution in [0, 0.1) is 5.82 Å². The molecule has 19 heavy (non-hydrogen) atoms. The van der Waals surface area contributed by atoms with E-state index in [0.717, 1.165) is 11.3 Å². The highest BCUT2D eigenvalue weighted by Gasteiger charge is 2.11. The van der Waals surface area contributed by atoms with E-state index < -0.39 is 11.9 Å². The van der Waals surface area contributed by atoms with Gasteiger partial charge in [-0.3, -0.25) is 0 Å². The van der Waals surface area contributed by atoms with Crippen molar-refractivity contribution in [2.75, 3.05) is 7.11 Å². The van der Waals surface area contributed by atoms with Crippen LogP contribution >= 0.6 is 11.6 Å². The lowest BCUT2D eigenvalue weighted by Crippen LogP contribution is -2.02. The number of aliphatic hydroxyl groups is 1. The van der Waals surface area contributed by atoms with Crippen LogP contribution in [0.3, 0.4) is 0 Å². The van der Waals surface area contributed by atoms with Gasteiger partial charge in [0.1, 0.15) is 11.6 Å². The summed E-state index contributed by atoms with van der Waals surface area (Å²) in [7, 11) is 1.59. The van der Waals surface area contributed by atoms with Gasteiger partial charge in [-0.05, 0) is 35.4 Å². The van der Waals surface area contributed by atoms with Crippen molar-refractivity contribution in [1.29, 1.82) is 0 Å². The second-order valence-electron chi connectivity index (χ2n) is 4.24. The van der Waals surface area contributed by atoms with Crippen molar-refractivity contribution in [3.63, 3.8) is 0 Å². The van der Waals surface area contributed by atoms with Crippen molar-refractivity contribution >= 4 is 11.6 Å². The van der Waals surface area contributed by atoms with Gasteiger partial charge < -0.3 is 9.84 Å². The molecule has 0 aliphatic carbocycles. The van der Waals surface area contributed by atoms with E-state index in [1.54, 1.807) is 13.2 Å². The molecule has 4 heteroatoms. The Labute approximate surface area is 116 Å². The fourth-order valence-corrected chi connectivity index (χ4v) is 1.98. The predicted molar refractivity (Wildman–Crippen MR) is 73.1 cm³/mol. The minimum atomic E-state index is -0.779. The van der Waals surface area contributed by atoms with Crippen LogP contribution in [0.5, 0.6) is 5.75 Å². The van der Waals surface area contributed by atoms with Crippen molar-refractivity contribution in [3.8, 4) is 5.75 Å². The summed E-state index contributed by atoms with van der Waals surface area (Å²) < 4.78 is 18.5. The molecule has 0 aliphatic heterocycles. The van der Waals surface area contributed by atoms with Crippen LogP contribution in [-0.2, 0) is 6.42 Å². The van der Waals surface area contributed by atoms with E-state index in [4.69, 9.17) is 16.3 Å². The Hall–Kier alpha value is -1.58. The first-order valence-electron chi connectivity index (χ1n) is 5.86. The highest BCUT2D eigenvalue weighted by Crippen LogP contribution is 2.24. The van der Waals surface area contributed by atoms with Gasteiger partial charge in [-0.2, -0.15) is 0 Å². The Kier molecular flexibility index (Phi) is 4.40. The lowest BCUT2D eigenvalue weighted by molar-refractivity contribution is 0.178. The van der Waals surface area contributed by atoms with E-state index in [1.165, 1.54) is 12.1 Å². The normalized spacial score (nSPS) is 12.2. The monoisotopic (exact) mass is 280 g/mol. The summed E-state index contributed by atoms with van der Waals surface area (Å²) in [6.07, 6.45) is -0.392. The molecule has 0 radical (unpaired) electrons. The molecule has 0 saturated carbocycles. The van der Waals surface area contributed by atoms with Crippen LogP contribution in [0.4, 0.5) is 4.39 Å². The highest BCUT2D eigenvalue weighted by atomic mass is 35.5. The first-order chi connectivity index (χ1) is 9.10. The number of aliphatic hydroxyl groups excluding tert-OH is 1. The van der Waals surface area contributed by atoms with Gasteiger partial charge in [0.2, 0.25) is 0 Å². The number of benzene rings is 2. The Morgan fingerprint density at radius 1 is 1.26 bits per heavy atom. The molecular formula is C15H14ClFO2. The van der Waals surface area contributed by atoms with Gasteiger partial charge in [0.05, 0.1) is 18.2 Å². The maximum absolute atomic E-state index is 13.3. The van der Waals surface area contributed by atoms with Gasteiger partial charge in [0, 0.05) is 6.42 Å². The molecule has 0 aromatic heterocycles. The largest absolute Gasteiger partial charge is 0.497 e. The van der Waals surface area contributed by atoms with Crippen molar-refractivity contribution in [2.45, 2.75) is 12.5 Å². The number of ether oxygens (including phenoxy) is 1. The minimum absolute atomic E-state index is 0.0531. The van der Waals surface area contributed by atoms with Crippen LogP contribution in [0.1, 0.15) is 17.2 Å². The minimum Gasteiger partial charge on any atom is -0.497 e. The molecule has 1 atom stereocenters. The highest BCUT2D eigenvalue weighted by molar-refractivity contribution is 6.30. The molecule has 2 rings (SSSR count). The number of halogens is 2. The lowest BCUT2D eigenvalue weighted by Gasteiger charge is -2.12. The molecule has 100 valence electrons. The molecule has 2 aromatic carbocycles. The number of rotatable bonds is 4. The second-order valence-corrected chi connectivity index (χ2v) is 4.65. The average Bonchev–Trinajstić information content (AvgIpc) is 2.42. The van der Waals surface area contributed by atoms with Gasteiger partial charge in [0.25, 0.3) is 0 Å². The smallest absolute Gasteiger partial charge is 0.142 e. The van der Waals surface area contributed by atoms with Crippen LogP contribution in [0.2, 0.25) is 5.02 Å². The Morgan fingerprint density at radius 2 is 2.05 bits per heavy atom. The average molecular weight is 281 g/mol. The summed E-state index contributed by atoms with van der Waals surface area (Å²) >= 11 is 5.61. The van der Waals surface area contributed by atoms with E-state index in [0.29, 0.717) is 12.0 Å². The molecule has 1 N–H and O–H groups in total. The zero-order valence-electron chi connectivity index (χ0n) is 10.4. The summed E-state index contributed by atoms with van der Waals surface area (Å²) in [5.41, 5.74) is 1.42. The van der Waals surface area contributed by atoms with Gasteiger partial charge in [-0.15, -0.1) is 0 Å². The SMILES string of the molecule is COc1cccc(CC(O)c2ccc(Cl)c(F)c2)c1. The molecule has 0 bridgehead atoms. The van der Waals surface area contributed by atoms with E-state index in [9.17, 15) is 9.50 Å². The van der Waals surface area contributed by atoms with Crippen LogP contribution in [0.15, 0.2) is 42.5 Å². The van der Waals surface area contributed by atoms with Crippen molar-refractivity contribution in [2.24, 2.45) is 0 Å². The van der Waals surface area contributed by atoms with Crippen molar-refractivity contribution in [1.82, 2.24) is 0 Å². The van der Waals surface area contributed by atoms with Gasteiger partial charge in [-0.25, -0.2) is 4.39 Å². The third kappa shape index (κ3) is 3.46. The maximum Gasteiger partial charge on any atom is 0.142 e. The summed E-state index contributed by atoms with van der Waals surface area (Å²) in [6, 6.07) is 11.7. The molecule has 2 nitrogen and oxygen atoms in total. The van der Waals surface area contributed by atoms with Gasteiger partial charge >= 0.3 is 0 Å². The second kappa shape index (κ2) is 6.04. The Morgan fingerprint density at radius 3 is 2.74 bits per heavy atom. The standard InChI is InChI=1S/C15H14ClFO2/c1-19-12-4-2-3-10(7-12)8-15(18)11-5-6-13(16)14(17)9-11/h2-7,9,15,18H,8H2,1H3. The van der Waals surface area contributed by atoms with Gasteiger partial charge in [-0.1, -0.05) is 29.8 Å². The number of hydrogen-bond donors (Lipinski definition) is 1. The number of methoxy groups -OCH3 is 1. The van der Waals surface area contributed by atoms with Crippen LogP contribution < -0.4 is 4.74 Å². The third-order valence-electron chi connectivity index (χ3n) is 2.89. The molecule has 0 amide bonds. The predicted octanol–water partition coefficient (Wildman–Crippen LogP) is 3.76. The van der Waals surface area contributed by atoms with E-state index in [2.05, 4.69) is 0 Å². The first-order valence-corrected chi connectivity index (χ1v) is 6.24. The molecule has 0 heterocycles. The zero-order chi connectivity index (χ0) is 13.8. The maximum atomic E-state index is 13.3. The fourth-order valence-electron chi connectivity index (χ4n) is 1.86. The first kappa shape index (κ1) is 13.8. The summed E-state index contributed by atoms with van der Waals surface area (Å²) in [5, 5.41) is 10.2. The Balaban J connectivity index is 2.15. The quantitative estimate of drug-likeness (QED) is 0.924. The van der Waals surface area contributed by atoms with Crippen LogP contribution in [-0.4, -0.2) is 12.2 Å². The molecule has 2 aromatic rings. The summed E-state index contributed by atoms with van der Waals surface area (Å²) in [4.78, 5) is 0. The Bertz CT molecular complexity index is 572. The van der Waals surface area contributed by atoms with E-state index in [-0.39, 0.29) is 5.02 Å². The molecule has 0 fully saturated rings. The topological polar surface area (TPSA) is 29.5 Å². The zero-order valence-corrected chi connectivity index (χ0v) is 11.2. The molecule has 0 saturated heterocycles. The third-order valence-corrected chi connectivity index (χ3v) is 3.20. The lowest BCUT2D eigenvalue weighted by atomic mass is 10.0. The van der Waals surface area contributed by atoms with Gasteiger partial charge in [0.15, 0.2) is 0 Å². The summed E-state index contributed by atoms with van der Waals surface area (Å²) in [6.45, 7) is 0. The van der Waals surface area contributed by atoms with Crippen LogP contribution in [0.25, 0.3) is 0 Å². The van der Waals surface area contributed by atoms with E-state index >= 15 is 0 Å². The molecule has 0 spiro atoms. The van der Waals surface area contributed by atoms with E-state index in [1.807, 2.05) is 24.3 Å². The molecule has 0 aliphatic rings. The fraction of sp³-hybridized carbons (Fsp3) is 0.200. The molecule has 1 unspecified atom stereocenters. The number of hydrogen-bond acceptors (Lipinski definition) is 2. The van der Waals surface area contributed by atoms with Crippen molar-refractivity contribution < 1.29 is 14.2 Å². The summed E-state index contributed by atoms with van der Waals surface area (Å²) in [5.74, 6) is 0.204. The van der Waals surface area contributed by atoms with Crippen molar-refractivity contribution in [3.05, 3.63) is 64.4 Å².